The summed E-state index contributed by atoms with van der Waals surface area (Å²) in [6.07, 6.45) is -0.279. The van der Waals surface area contributed by atoms with Crippen LogP contribution in [0.2, 0.25) is 0 Å². The first-order valence-corrected chi connectivity index (χ1v) is 8.60. The molecule has 1 fully saturated rings. The number of anilines is 1. The summed E-state index contributed by atoms with van der Waals surface area (Å²) in [5.74, 6) is -0.622. The highest BCUT2D eigenvalue weighted by molar-refractivity contribution is 5.91. The average Bonchev–Trinajstić information content (AvgIpc) is 3.08. The number of halogens is 1. The maximum atomic E-state index is 14.9. The standard InChI is InChI=1S/C17H20FN3O5/c1-8-7-26-15-13-10(16(24)19-17(25)21(8)13)4-11(18)14(15)20-3-2-9(5-20)12(23)6-22/h4,8-9,12,22-23H,2-3,5-7H2,1H3,(H,19,24,25). The van der Waals surface area contributed by atoms with Crippen molar-refractivity contribution in [2.75, 3.05) is 31.2 Å². The van der Waals surface area contributed by atoms with Gasteiger partial charge in [-0.25, -0.2) is 9.18 Å². The molecule has 0 spiro atoms. The molecule has 4 rings (SSSR count). The minimum absolute atomic E-state index is 0.0681. The van der Waals surface area contributed by atoms with Crippen molar-refractivity contribution in [2.45, 2.75) is 25.5 Å². The topological polar surface area (TPSA) is 108 Å². The summed E-state index contributed by atoms with van der Waals surface area (Å²) in [6.45, 7) is 2.44. The second kappa shape index (κ2) is 6.10. The minimum Gasteiger partial charge on any atom is -0.487 e. The minimum atomic E-state index is -0.873. The van der Waals surface area contributed by atoms with Crippen molar-refractivity contribution in [3.05, 3.63) is 32.7 Å². The molecule has 1 aromatic heterocycles. The lowest BCUT2D eigenvalue weighted by molar-refractivity contribution is 0.0545. The maximum Gasteiger partial charge on any atom is 0.329 e. The Balaban J connectivity index is 1.92. The van der Waals surface area contributed by atoms with E-state index in [1.165, 1.54) is 4.57 Å². The van der Waals surface area contributed by atoms with Gasteiger partial charge in [0.2, 0.25) is 0 Å². The Kier molecular flexibility index (Phi) is 4.00. The van der Waals surface area contributed by atoms with E-state index in [4.69, 9.17) is 9.84 Å². The molecule has 0 amide bonds. The van der Waals surface area contributed by atoms with Crippen LogP contribution in [0.15, 0.2) is 15.7 Å². The lowest BCUT2D eigenvalue weighted by Crippen LogP contribution is -2.37. The molecule has 3 atom stereocenters. The molecule has 26 heavy (non-hydrogen) atoms. The molecule has 0 saturated carbocycles. The predicted molar refractivity (Wildman–Crippen MR) is 92.4 cm³/mol. The van der Waals surface area contributed by atoms with Gasteiger partial charge in [0, 0.05) is 19.0 Å². The summed E-state index contributed by atoms with van der Waals surface area (Å²) in [4.78, 5) is 28.4. The number of aromatic amines is 1. The van der Waals surface area contributed by atoms with Crippen LogP contribution in [-0.2, 0) is 0 Å². The van der Waals surface area contributed by atoms with E-state index in [0.29, 0.717) is 25.0 Å². The smallest absolute Gasteiger partial charge is 0.329 e. The highest BCUT2D eigenvalue weighted by Gasteiger charge is 2.34. The molecular weight excluding hydrogens is 345 g/mol. The fraction of sp³-hybridized carbons (Fsp3) is 0.529. The molecule has 140 valence electrons. The molecule has 0 bridgehead atoms. The van der Waals surface area contributed by atoms with Gasteiger partial charge in [0.25, 0.3) is 5.56 Å². The third kappa shape index (κ3) is 2.42. The molecule has 2 aliphatic heterocycles. The molecule has 8 nitrogen and oxygen atoms in total. The van der Waals surface area contributed by atoms with Gasteiger partial charge in [0.1, 0.15) is 17.8 Å². The van der Waals surface area contributed by atoms with E-state index in [-0.39, 0.29) is 42.0 Å². The molecular formula is C17H20FN3O5. The zero-order chi connectivity index (χ0) is 18.6. The quantitative estimate of drug-likeness (QED) is 0.705. The van der Waals surface area contributed by atoms with Crippen LogP contribution in [-0.4, -0.2) is 52.2 Å². The van der Waals surface area contributed by atoms with E-state index in [1.54, 1.807) is 11.8 Å². The van der Waals surface area contributed by atoms with E-state index in [2.05, 4.69) is 4.98 Å². The number of ether oxygens (including phenoxy) is 1. The van der Waals surface area contributed by atoms with Crippen LogP contribution >= 0.6 is 0 Å². The number of hydrogen-bond acceptors (Lipinski definition) is 6. The van der Waals surface area contributed by atoms with Gasteiger partial charge in [-0.1, -0.05) is 0 Å². The van der Waals surface area contributed by atoms with Gasteiger partial charge < -0.3 is 19.8 Å². The Morgan fingerprint density at radius 1 is 1.46 bits per heavy atom. The highest BCUT2D eigenvalue weighted by atomic mass is 19.1. The maximum absolute atomic E-state index is 14.9. The van der Waals surface area contributed by atoms with Gasteiger partial charge in [0.15, 0.2) is 11.6 Å². The second-order valence-corrected chi connectivity index (χ2v) is 6.97. The summed E-state index contributed by atoms with van der Waals surface area (Å²) in [5, 5.41) is 19.1. The van der Waals surface area contributed by atoms with Crippen molar-refractivity contribution in [2.24, 2.45) is 5.92 Å². The summed E-state index contributed by atoms with van der Waals surface area (Å²) in [5.41, 5.74) is -0.719. The van der Waals surface area contributed by atoms with Crippen molar-refractivity contribution in [3.63, 3.8) is 0 Å². The molecule has 2 aliphatic rings. The van der Waals surface area contributed by atoms with Crippen molar-refractivity contribution >= 4 is 16.6 Å². The number of H-pyrrole nitrogens is 1. The van der Waals surface area contributed by atoms with Crippen LogP contribution in [0.3, 0.4) is 0 Å². The SMILES string of the molecule is CC1COc2c(N3CCC(C(O)CO)C3)c(F)cc3c(=O)[nH]c(=O)n1c23. The third-order valence-electron chi connectivity index (χ3n) is 5.29. The van der Waals surface area contributed by atoms with Crippen LogP contribution in [0.4, 0.5) is 10.1 Å². The van der Waals surface area contributed by atoms with Crippen molar-refractivity contribution in [1.29, 1.82) is 0 Å². The Hall–Kier alpha value is -2.39. The number of benzene rings is 1. The van der Waals surface area contributed by atoms with E-state index >= 15 is 0 Å². The first kappa shape index (κ1) is 17.0. The van der Waals surface area contributed by atoms with Crippen LogP contribution in [0.5, 0.6) is 5.75 Å². The lowest BCUT2D eigenvalue weighted by atomic mass is 10.0. The number of rotatable bonds is 3. The largest absolute Gasteiger partial charge is 0.487 e. The lowest BCUT2D eigenvalue weighted by Gasteiger charge is -2.30. The first-order chi connectivity index (χ1) is 12.4. The van der Waals surface area contributed by atoms with Gasteiger partial charge >= 0.3 is 5.69 Å². The number of aromatic nitrogens is 2. The average molecular weight is 365 g/mol. The Bertz CT molecular complexity index is 985. The third-order valence-corrected chi connectivity index (χ3v) is 5.29. The fourth-order valence-corrected chi connectivity index (χ4v) is 3.93. The highest BCUT2D eigenvalue weighted by Crippen LogP contribution is 2.42. The number of aliphatic hydroxyl groups excluding tert-OH is 2. The monoisotopic (exact) mass is 365 g/mol. The number of hydrogen-bond donors (Lipinski definition) is 3. The van der Waals surface area contributed by atoms with Gasteiger partial charge in [-0.15, -0.1) is 0 Å². The van der Waals surface area contributed by atoms with Crippen LogP contribution in [0, 0.1) is 11.7 Å². The van der Waals surface area contributed by atoms with E-state index < -0.39 is 23.2 Å². The summed E-state index contributed by atoms with van der Waals surface area (Å²) < 4.78 is 22.1. The summed E-state index contributed by atoms with van der Waals surface area (Å²) >= 11 is 0. The molecule has 3 unspecified atom stereocenters. The van der Waals surface area contributed by atoms with Crippen LogP contribution in [0.1, 0.15) is 19.4 Å². The zero-order valence-corrected chi connectivity index (χ0v) is 14.2. The normalized spacial score (nSPS) is 23.3. The number of nitrogens with one attached hydrogen (secondary N) is 1. The fourth-order valence-electron chi connectivity index (χ4n) is 3.93. The number of aliphatic hydroxyl groups is 2. The van der Waals surface area contributed by atoms with Crippen molar-refractivity contribution < 1.29 is 19.3 Å². The number of nitrogens with zero attached hydrogens (tertiary/aromatic N) is 2. The molecule has 3 heterocycles. The molecule has 0 radical (unpaired) electrons. The summed E-state index contributed by atoms with van der Waals surface area (Å²) in [6, 6.07) is 0.829. The molecule has 1 aromatic carbocycles. The van der Waals surface area contributed by atoms with E-state index in [9.17, 15) is 19.1 Å². The molecule has 3 N–H and O–H groups in total. The van der Waals surface area contributed by atoms with Crippen molar-refractivity contribution in [1.82, 2.24) is 9.55 Å². The Labute approximate surface area is 147 Å². The predicted octanol–water partition coefficient (Wildman–Crippen LogP) is -0.0382. The van der Waals surface area contributed by atoms with Gasteiger partial charge in [-0.05, 0) is 19.4 Å². The first-order valence-electron chi connectivity index (χ1n) is 8.60. The Morgan fingerprint density at radius 3 is 2.96 bits per heavy atom. The second-order valence-electron chi connectivity index (χ2n) is 6.97. The molecule has 0 aliphatic carbocycles. The van der Waals surface area contributed by atoms with E-state index in [1.807, 2.05) is 0 Å². The Morgan fingerprint density at radius 2 is 2.23 bits per heavy atom. The van der Waals surface area contributed by atoms with Gasteiger partial charge in [-0.3, -0.25) is 14.3 Å². The molecule has 1 saturated heterocycles. The van der Waals surface area contributed by atoms with Crippen LogP contribution in [0.25, 0.3) is 10.9 Å². The van der Waals surface area contributed by atoms with E-state index in [0.717, 1.165) is 6.07 Å². The van der Waals surface area contributed by atoms with Gasteiger partial charge in [-0.2, -0.15) is 0 Å². The van der Waals surface area contributed by atoms with Crippen LogP contribution < -0.4 is 20.9 Å². The van der Waals surface area contributed by atoms with Crippen molar-refractivity contribution in [3.8, 4) is 5.75 Å². The molecule has 9 heteroatoms. The summed E-state index contributed by atoms with van der Waals surface area (Å²) in [7, 11) is 0. The zero-order valence-electron chi connectivity index (χ0n) is 14.2. The molecule has 2 aromatic rings. The van der Waals surface area contributed by atoms with Gasteiger partial charge in [0.05, 0.1) is 24.1 Å².